The van der Waals surface area contributed by atoms with Crippen LogP contribution in [0.3, 0.4) is 0 Å². The van der Waals surface area contributed by atoms with Gasteiger partial charge < -0.3 is 9.64 Å². The molecule has 2 nitrogen and oxygen atoms in total. The number of rotatable bonds is 5. The number of benzene rings is 2. The molecule has 0 radical (unpaired) electrons. The van der Waals surface area contributed by atoms with Gasteiger partial charge in [-0.3, -0.25) is 0 Å². The predicted octanol–water partition coefficient (Wildman–Crippen LogP) is 4.75. The van der Waals surface area contributed by atoms with Crippen LogP contribution in [0.5, 0.6) is 5.75 Å². The van der Waals surface area contributed by atoms with Gasteiger partial charge >= 0.3 is 0 Å². The van der Waals surface area contributed by atoms with Crippen molar-refractivity contribution < 1.29 is 26.7 Å². The Kier molecular flexibility index (Phi) is 5.58. The zero-order valence-corrected chi connectivity index (χ0v) is 13.9. The molecule has 0 atom stereocenters. The summed E-state index contributed by atoms with van der Waals surface area (Å²) in [5.74, 6) is -7.22. The number of thioether (sulfide) groups is 1. The van der Waals surface area contributed by atoms with Gasteiger partial charge in [0.25, 0.3) is 0 Å². The van der Waals surface area contributed by atoms with Gasteiger partial charge in [-0.2, -0.15) is 0 Å². The van der Waals surface area contributed by atoms with Gasteiger partial charge in [-0.25, -0.2) is 22.0 Å². The lowest BCUT2D eigenvalue weighted by Gasteiger charge is -2.22. The number of hydrogen-bond acceptors (Lipinski definition) is 3. The van der Waals surface area contributed by atoms with Gasteiger partial charge in [-0.05, 0) is 18.4 Å². The Labute approximate surface area is 140 Å². The molecule has 0 fully saturated rings. The third kappa shape index (κ3) is 3.28. The molecule has 0 saturated carbocycles. The molecule has 0 saturated heterocycles. The van der Waals surface area contributed by atoms with E-state index >= 15 is 0 Å². The van der Waals surface area contributed by atoms with Crippen LogP contribution in [0, 0.1) is 29.1 Å². The van der Waals surface area contributed by atoms with Crippen molar-refractivity contribution in [2.24, 2.45) is 0 Å². The number of hydrogen-bond donors (Lipinski definition) is 0. The Balaban J connectivity index is 2.42. The van der Waals surface area contributed by atoms with E-state index in [1.54, 1.807) is 0 Å². The van der Waals surface area contributed by atoms with Crippen LogP contribution in [0.4, 0.5) is 27.6 Å². The fourth-order valence-corrected chi connectivity index (χ4v) is 2.90. The predicted molar refractivity (Wildman–Crippen MR) is 83.1 cm³/mol. The topological polar surface area (TPSA) is 12.5 Å². The molecule has 24 heavy (non-hydrogen) atoms. The number of methoxy groups -OCH3 is 1. The van der Waals surface area contributed by atoms with Crippen LogP contribution in [0.2, 0.25) is 0 Å². The average molecular weight is 363 g/mol. The molecule has 0 spiro atoms. The van der Waals surface area contributed by atoms with Crippen molar-refractivity contribution >= 4 is 17.4 Å². The molecule has 0 aliphatic rings. The summed E-state index contributed by atoms with van der Waals surface area (Å²) in [6.07, 6.45) is 1.42. The van der Waals surface area contributed by atoms with Gasteiger partial charge in [0.2, 0.25) is 0 Å². The first-order chi connectivity index (χ1) is 11.3. The maximum absolute atomic E-state index is 14.0. The summed E-state index contributed by atoms with van der Waals surface area (Å²) in [5.41, 5.74) is 0.00233. The molecular weight excluding hydrogens is 349 g/mol. The van der Waals surface area contributed by atoms with E-state index in [1.807, 2.05) is 0 Å². The van der Waals surface area contributed by atoms with Crippen LogP contribution in [0.1, 0.15) is 5.56 Å². The molecule has 0 N–H and O–H groups in total. The molecule has 0 aliphatic carbocycles. The summed E-state index contributed by atoms with van der Waals surface area (Å²) in [7, 11) is 2.80. The Morgan fingerprint density at radius 1 is 1.00 bits per heavy atom. The SMILES string of the molecule is COc1ccc(N(C)Cc2c(F)c(F)c(F)c(F)c2SC)cc1F. The summed E-state index contributed by atoms with van der Waals surface area (Å²) in [6, 6.07) is 4.03. The first kappa shape index (κ1) is 18.4. The zero-order chi connectivity index (χ0) is 18.0. The van der Waals surface area contributed by atoms with E-state index in [2.05, 4.69) is 0 Å². The number of anilines is 1. The van der Waals surface area contributed by atoms with Gasteiger partial charge in [0.1, 0.15) is 0 Å². The summed E-state index contributed by atoms with van der Waals surface area (Å²) in [6.45, 7) is -0.276. The minimum absolute atomic E-state index is 0.0296. The Bertz CT molecular complexity index is 769. The van der Waals surface area contributed by atoms with E-state index in [1.165, 1.54) is 37.4 Å². The zero-order valence-electron chi connectivity index (χ0n) is 13.1. The molecule has 0 heterocycles. The summed E-state index contributed by atoms with van der Waals surface area (Å²) < 4.78 is 73.3. The highest BCUT2D eigenvalue weighted by Gasteiger charge is 2.25. The maximum atomic E-state index is 14.0. The lowest BCUT2D eigenvalue weighted by Crippen LogP contribution is -2.20. The molecular formula is C16H14F5NOS. The van der Waals surface area contributed by atoms with Gasteiger partial charge in [0, 0.05) is 30.9 Å². The third-order valence-electron chi connectivity index (χ3n) is 3.49. The molecule has 2 aromatic carbocycles. The molecule has 8 heteroatoms. The van der Waals surface area contributed by atoms with Crippen LogP contribution in [-0.2, 0) is 6.54 Å². The highest BCUT2D eigenvalue weighted by Crippen LogP contribution is 2.32. The molecule has 2 aromatic rings. The van der Waals surface area contributed by atoms with Crippen molar-refractivity contribution in [2.45, 2.75) is 11.4 Å². The molecule has 2 rings (SSSR count). The minimum Gasteiger partial charge on any atom is -0.494 e. The molecule has 0 bridgehead atoms. The maximum Gasteiger partial charge on any atom is 0.198 e. The van der Waals surface area contributed by atoms with Gasteiger partial charge in [-0.15, -0.1) is 11.8 Å². The van der Waals surface area contributed by atoms with E-state index in [4.69, 9.17) is 4.74 Å². The molecule has 0 unspecified atom stereocenters. The highest BCUT2D eigenvalue weighted by molar-refractivity contribution is 7.98. The van der Waals surface area contributed by atoms with Gasteiger partial charge in [0.15, 0.2) is 34.8 Å². The molecule has 130 valence electrons. The van der Waals surface area contributed by atoms with Crippen molar-refractivity contribution in [3.05, 3.63) is 52.8 Å². The van der Waals surface area contributed by atoms with Gasteiger partial charge in [-0.1, -0.05) is 0 Å². The Morgan fingerprint density at radius 3 is 2.17 bits per heavy atom. The van der Waals surface area contributed by atoms with E-state index in [0.717, 1.165) is 17.8 Å². The fourth-order valence-electron chi connectivity index (χ4n) is 2.23. The van der Waals surface area contributed by atoms with Crippen LogP contribution in [-0.4, -0.2) is 20.4 Å². The summed E-state index contributed by atoms with van der Waals surface area (Å²) in [4.78, 5) is 1.06. The van der Waals surface area contributed by atoms with E-state index in [9.17, 15) is 22.0 Å². The smallest absolute Gasteiger partial charge is 0.198 e. The summed E-state index contributed by atoms with van der Waals surface area (Å²) in [5, 5.41) is 0. The van der Waals surface area contributed by atoms with E-state index < -0.39 is 29.1 Å². The number of nitrogens with zero attached hydrogens (tertiary/aromatic N) is 1. The first-order valence-corrected chi connectivity index (χ1v) is 7.97. The van der Waals surface area contributed by atoms with Crippen LogP contribution < -0.4 is 9.64 Å². The largest absolute Gasteiger partial charge is 0.494 e. The fraction of sp³-hybridized carbons (Fsp3) is 0.250. The van der Waals surface area contributed by atoms with Crippen LogP contribution in [0.25, 0.3) is 0 Å². The standard InChI is InChI=1S/C16H14F5NOS/c1-22(8-4-5-11(23-2)10(17)6-8)7-9-12(18)13(19)14(20)15(21)16(9)24-3/h4-6H,7H2,1-3H3. The monoisotopic (exact) mass is 363 g/mol. The lowest BCUT2D eigenvalue weighted by molar-refractivity contribution is 0.386. The van der Waals surface area contributed by atoms with Crippen molar-refractivity contribution in [3.63, 3.8) is 0 Å². The van der Waals surface area contributed by atoms with Gasteiger partial charge in [0.05, 0.1) is 12.0 Å². The lowest BCUT2D eigenvalue weighted by atomic mass is 10.1. The van der Waals surface area contributed by atoms with E-state index in [-0.39, 0.29) is 22.8 Å². The second-order valence-corrected chi connectivity index (χ2v) is 5.76. The molecule has 0 aliphatic heterocycles. The first-order valence-electron chi connectivity index (χ1n) is 6.75. The molecule has 0 amide bonds. The average Bonchev–Trinajstić information content (AvgIpc) is 2.57. The van der Waals surface area contributed by atoms with Crippen molar-refractivity contribution in [3.8, 4) is 5.75 Å². The quantitative estimate of drug-likeness (QED) is 0.329. The number of ether oxygens (including phenoxy) is 1. The molecule has 0 aromatic heterocycles. The third-order valence-corrected chi connectivity index (χ3v) is 4.33. The van der Waals surface area contributed by atoms with E-state index in [0.29, 0.717) is 5.69 Å². The normalized spacial score (nSPS) is 10.8. The van der Waals surface area contributed by atoms with Crippen molar-refractivity contribution in [1.29, 1.82) is 0 Å². The minimum atomic E-state index is -1.87. The van der Waals surface area contributed by atoms with Crippen LogP contribution in [0.15, 0.2) is 23.1 Å². The summed E-state index contributed by atoms with van der Waals surface area (Å²) >= 11 is 0.763. The second-order valence-electron chi connectivity index (χ2n) is 4.94. The van der Waals surface area contributed by atoms with Crippen LogP contribution >= 0.6 is 11.8 Å². The number of halogens is 5. The highest BCUT2D eigenvalue weighted by atomic mass is 32.2. The second kappa shape index (κ2) is 7.29. The van der Waals surface area contributed by atoms with Crippen molar-refractivity contribution in [1.82, 2.24) is 0 Å². The Hall–Kier alpha value is -1.96. The van der Waals surface area contributed by atoms with Crippen molar-refractivity contribution in [2.75, 3.05) is 25.3 Å². The Morgan fingerprint density at radius 2 is 1.62 bits per heavy atom.